The van der Waals surface area contributed by atoms with Crippen molar-refractivity contribution in [3.05, 3.63) is 65.2 Å². The van der Waals surface area contributed by atoms with Crippen LogP contribution in [0.5, 0.6) is 5.75 Å². The van der Waals surface area contributed by atoms with E-state index in [2.05, 4.69) is 15.9 Å². The number of carbonyl (C=O) groups is 4. The zero-order chi connectivity index (χ0) is 42.4. The highest BCUT2D eigenvalue weighted by Crippen LogP contribution is 2.70. The lowest BCUT2D eigenvalue weighted by molar-refractivity contribution is -0.228. The van der Waals surface area contributed by atoms with E-state index in [0.717, 1.165) is 11.3 Å². The molecule has 7 aliphatic heterocycles. The number of carbonyl (C=O) groups excluding carboxylic acids is 4. The van der Waals surface area contributed by atoms with Gasteiger partial charge in [-0.1, -0.05) is 44.2 Å². The average Bonchev–Trinajstić information content (AvgIpc) is 3.85. The van der Waals surface area contributed by atoms with Crippen molar-refractivity contribution in [2.45, 2.75) is 98.5 Å². The highest BCUT2D eigenvalue weighted by molar-refractivity contribution is 6.21. The number of hydrogen-bond donors (Lipinski definition) is 2. The van der Waals surface area contributed by atoms with Crippen LogP contribution in [-0.4, -0.2) is 133 Å². The second-order valence-electron chi connectivity index (χ2n) is 18.6. The van der Waals surface area contributed by atoms with E-state index in [1.54, 1.807) is 6.07 Å². The van der Waals surface area contributed by atoms with Crippen molar-refractivity contribution in [2.24, 2.45) is 22.2 Å². The summed E-state index contributed by atoms with van der Waals surface area (Å²) in [7, 11) is 4.09. The first kappa shape index (κ1) is 39.5. The lowest BCUT2D eigenvalue weighted by atomic mass is 9.44. The number of hydrogen-bond acceptors (Lipinski definition) is 13. The Balaban J connectivity index is 1.29. The van der Waals surface area contributed by atoms with Crippen molar-refractivity contribution in [3.8, 4) is 5.75 Å². The molecule has 7 heterocycles. The zero-order valence-corrected chi connectivity index (χ0v) is 35.1. The Morgan fingerprint density at radius 2 is 1.72 bits per heavy atom. The van der Waals surface area contributed by atoms with E-state index in [1.807, 2.05) is 50.3 Å². The van der Waals surface area contributed by atoms with Crippen LogP contribution in [0.1, 0.15) is 69.6 Å². The van der Waals surface area contributed by atoms with E-state index in [-0.39, 0.29) is 18.3 Å². The molecule has 12 atom stereocenters. The first-order chi connectivity index (χ1) is 28.8. The van der Waals surface area contributed by atoms with Gasteiger partial charge in [0.15, 0.2) is 6.10 Å². The monoisotopic (exact) mass is 822 g/mol. The van der Waals surface area contributed by atoms with Crippen molar-refractivity contribution in [1.29, 1.82) is 0 Å². The third kappa shape index (κ3) is 4.35. The number of methoxy groups -OCH3 is 3. The zero-order valence-electron chi connectivity index (χ0n) is 35.1. The summed E-state index contributed by atoms with van der Waals surface area (Å²) < 4.78 is 23.7. The van der Waals surface area contributed by atoms with E-state index in [0.29, 0.717) is 93.1 Å². The molecule has 2 aromatic carbocycles. The fourth-order valence-corrected chi connectivity index (χ4v) is 14.9. The molecule has 318 valence electrons. The summed E-state index contributed by atoms with van der Waals surface area (Å²) in [4.78, 5) is 67.9. The summed E-state index contributed by atoms with van der Waals surface area (Å²) in [6.07, 6.45) is 5.40. The summed E-state index contributed by atoms with van der Waals surface area (Å²) in [6.45, 7) is 8.25. The van der Waals surface area contributed by atoms with Crippen molar-refractivity contribution in [1.82, 2.24) is 9.80 Å². The second-order valence-corrected chi connectivity index (χ2v) is 18.6. The number of amides is 1. The third-order valence-corrected chi connectivity index (χ3v) is 16.6. The number of ether oxygens (including phenoxy) is 4. The number of rotatable bonds is 8. The van der Waals surface area contributed by atoms with Gasteiger partial charge in [-0.25, -0.2) is 4.79 Å². The summed E-state index contributed by atoms with van der Waals surface area (Å²) in [5, 5.41) is 26.0. The molecule has 14 heteroatoms. The molecule has 14 nitrogen and oxygen atoms in total. The van der Waals surface area contributed by atoms with E-state index >= 15 is 4.79 Å². The SMILES string of the molecule is CCC1(O)CN2CC[C@]34C(=Nc5ccccc53)[C@@](C(=O)OC)(c3cc5c(cc3OC)N(C=O)[C@H]3[C@@](O)(C(=O)OC)[C@H](OC(C)=O)[C@]6(CC)C=CCN7CC[C@]53[C@@H]76)C[C@H](C2)C14. The summed E-state index contributed by atoms with van der Waals surface area (Å²) >= 11 is 0. The highest BCUT2D eigenvalue weighted by atomic mass is 16.6. The van der Waals surface area contributed by atoms with Gasteiger partial charge >= 0.3 is 17.9 Å². The maximum absolute atomic E-state index is 15.3. The minimum absolute atomic E-state index is 0.160. The smallest absolute Gasteiger partial charge is 0.344 e. The number of nitrogens with zero attached hydrogens (tertiary/aromatic N) is 4. The highest BCUT2D eigenvalue weighted by Gasteiger charge is 2.81. The Morgan fingerprint density at radius 3 is 2.40 bits per heavy atom. The average molecular weight is 823 g/mol. The van der Waals surface area contributed by atoms with Gasteiger partial charge in [-0.2, -0.15) is 0 Å². The molecule has 2 aromatic rings. The predicted octanol–water partition coefficient (Wildman–Crippen LogP) is 3.10. The number of anilines is 1. The lowest BCUT2D eigenvalue weighted by Gasteiger charge is -2.63. The van der Waals surface area contributed by atoms with E-state index in [9.17, 15) is 24.6 Å². The molecule has 6 fully saturated rings. The van der Waals surface area contributed by atoms with Gasteiger partial charge in [-0.15, -0.1) is 0 Å². The Bertz CT molecular complexity index is 2300. The van der Waals surface area contributed by atoms with Gasteiger partial charge in [0.1, 0.15) is 11.2 Å². The number of fused-ring (bicyclic) bond motifs is 4. The van der Waals surface area contributed by atoms with Gasteiger partial charge in [-0.3, -0.25) is 24.3 Å². The maximum atomic E-state index is 15.3. The van der Waals surface area contributed by atoms with E-state index < -0.39 is 69.0 Å². The number of esters is 3. The van der Waals surface area contributed by atoms with E-state index in [4.69, 9.17) is 23.9 Å². The number of benzene rings is 2. The third-order valence-electron chi connectivity index (χ3n) is 16.6. The normalized spacial score (nSPS) is 41.2. The van der Waals surface area contributed by atoms with Crippen molar-refractivity contribution in [2.75, 3.05) is 59.0 Å². The lowest BCUT2D eigenvalue weighted by Crippen LogP contribution is -2.81. The van der Waals surface area contributed by atoms with E-state index in [1.165, 1.54) is 33.2 Å². The molecule has 3 unspecified atom stereocenters. The number of piperidine rings is 1. The summed E-state index contributed by atoms with van der Waals surface area (Å²) in [5.41, 5.74) is -4.21. The van der Waals surface area contributed by atoms with Crippen LogP contribution in [0.25, 0.3) is 0 Å². The molecule has 60 heavy (non-hydrogen) atoms. The molecule has 0 radical (unpaired) electrons. The van der Waals surface area contributed by atoms with Crippen LogP contribution < -0.4 is 9.64 Å². The minimum Gasteiger partial charge on any atom is -0.496 e. The Kier molecular flexibility index (Phi) is 8.52. The molecule has 2 saturated carbocycles. The van der Waals surface area contributed by atoms with Crippen LogP contribution in [0, 0.1) is 17.3 Å². The number of aliphatic imine (C=N–C) groups is 1. The quantitative estimate of drug-likeness (QED) is 0.173. The molecule has 11 rings (SSSR count). The maximum Gasteiger partial charge on any atom is 0.344 e. The topological polar surface area (TPSA) is 168 Å². The number of para-hydroxylation sites is 1. The molecule has 4 bridgehead atoms. The fourth-order valence-electron chi connectivity index (χ4n) is 14.9. The number of aliphatic hydroxyl groups is 2. The van der Waals surface area contributed by atoms with Crippen molar-refractivity contribution < 1.29 is 48.3 Å². The van der Waals surface area contributed by atoms with Crippen LogP contribution in [0.4, 0.5) is 11.4 Å². The molecular formula is C46H54N4O10. The first-order valence-electron chi connectivity index (χ1n) is 21.4. The molecule has 2 spiro atoms. The molecule has 4 saturated heterocycles. The molecule has 2 N–H and O–H groups in total. The molecule has 1 amide bonds. The Hall–Kier alpha value is -4.63. The van der Waals surface area contributed by atoms with Crippen LogP contribution in [-0.2, 0) is 49.6 Å². The largest absolute Gasteiger partial charge is 0.496 e. The van der Waals surface area contributed by atoms with Crippen LogP contribution in [0.2, 0.25) is 0 Å². The van der Waals surface area contributed by atoms with Crippen LogP contribution in [0.15, 0.2) is 53.5 Å². The standard InChI is InChI=1S/C46H54N4O10/c1-7-41-14-11-17-49-19-16-44(36(41)49)29-20-30(33(57-4)21-32(29)50(25-51)37(44)46(56,40(54)59-6)38(41)60-26(3)52)45(39(53)58-5)22-27-23-48-18-15-43(34(27)42(55,8-2)24-48)28-12-9-10-13-31(28)47-35(43)45/h9-14,20-21,25,27,34,36-38,55-56H,7-8,15-19,22-24H2,1-6H3/t27-,34?,36+,37-,38-,41-,42?,43+,44-,45+,46+/m1/s1. The predicted molar refractivity (Wildman–Crippen MR) is 218 cm³/mol. The van der Waals surface area contributed by atoms with Crippen LogP contribution >= 0.6 is 0 Å². The summed E-state index contributed by atoms with van der Waals surface area (Å²) in [6, 6.07) is 9.99. The second kappa shape index (κ2) is 12.9. The van der Waals surface area contributed by atoms with Gasteiger partial charge < -0.3 is 39.0 Å². The Morgan fingerprint density at radius 1 is 0.950 bits per heavy atom. The fraction of sp³-hybridized carbons (Fsp3) is 0.587. The van der Waals surface area contributed by atoms with Crippen molar-refractivity contribution >= 4 is 41.4 Å². The van der Waals surface area contributed by atoms with Gasteiger partial charge in [0, 0.05) is 66.4 Å². The summed E-state index contributed by atoms with van der Waals surface area (Å²) in [5.74, 6) is -2.30. The van der Waals surface area contributed by atoms with Gasteiger partial charge in [0.2, 0.25) is 12.0 Å². The van der Waals surface area contributed by atoms with Crippen LogP contribution in [0.3, 0.4) is 0 Å². The van der Waals surface area contributed by atoms with Crippen molar-refractivity contribution in [3.63, 3.8) is 0 Å². The molecule has 0 aromatic heterocycles. The Labute approximate surface area is 349 Å². The molecule has 2 aliphatic carbocycles. The van der Waals surface area contributed by atoms with Gasteiger partial charge in [0.25, 0.3) is 0 Å². The van der Waals surface area contributed by atoms with Gasteiger partial charge in [0.05, 0.1) is 50.1 Å². The first-order valence-corrected chi connectivity index (χ1v) is 21.4. The van der Waals surface area contributed by atoms with Gasteiger partial charge in [-0.05, 0) is 74.4 Å². The minimum atomic E-state index is -2.53. The molecule has 9 aliphatic rings. The molecular weight excluding hydrogens is 769 g/mol.